The second kappa shape index (κ2) is 9.35. The van der Waals surface area contributed by atoms with Crippen LogP contribution in [0.4, 0.5) is 0 Å². The van der Waals surface area contributed by atoms with Crippen molar-refractivity contribution in [2.24, 2.45) is 0 Å². The van der Waals surface area contributed by atoms with Gasteiger partial charge in [0.1, 0.15) is 18.1 Å². The third-order valence-corrected chi connectivity index (χ3v) is 6.52. The number of aryl methyl sites for hydroxylation is 2. The zero-order valence-corrected chi connectivity index (χ0v) is 19.0. The van der Waals surface area contributed by atoms with Crippen LogP contribution in [-0.4, -0.2) is 52.4 Å². The van der Waals surface area contributed by atoms with Gasteiger partial charge in [-0.3, -0.25) is 4.79 Å². The maximum absolute atomic E-state index is 13.3. The van der Waals surface area contributed by atoms with Gasteiger partial charge >= 0.3 is 0 Å². The van der Waals surface area contributed by atoms with Crippen molar-refractivity contribution >= 4 is 5.91 Å². The fourth-order valence-electron chi connectivity index (χ4n) is 4.43. The van der Waals surface area contributed by atoms with Crippen molar-refractivity contribution in [1.29, 1.82) is 0 Å². The van der Waals surface area contributed by atoms with E-state index >= 15 is 0 Å². The predicted molar refractivity (Wildman–Crippen MR) is 117 cm³/mol. The molecule has 0 bridgehead atoms. The highest BCUT2D eigenvalue weighted by Gasteiger charge is 2.35. The first kappa shape index (κ1) is 21.6. The molecule has 9 nitrogen and oxygen atoms in total. The SMILES string of the molecule is Cc1ccccc1OCc1c(C(=O)N2CCC(c3nc(C4CCOCC4)no3)C2)noc1C. The van der Waals surface area contributed by atoms with Crippen LogP contribution in [0.25, 0.3) is 0 Å². The lowest BCUT2D eigenvalue weighted by molar-refractivity contribution is 0.0776. The lowest BCUT2D eigenvalue weighted by Crippen LogP contribution is -2.29. The summed E-state index contributed by atoms with van der Waals surface area (Å²) < 4.78 is 22.3. The van der Waals surface area contributed by atoms with Gasteiger partial charge < -0.3 is 23.4 Å². The summed E-state index contributed by atoms with van der Waals surface area (Å²) in [4.78, 5) is 19.7. The van der Waals surface area contributed by atoms with E-state index in [9.17, 15) is 4.79 Å². The van der Waals surface area contributed by atoms with Crippen LogP contribution in [0.3, 0.4) is 0 Å². The summed E-state index contributed by atoms with van der Waals surface area (Å²) in [6.07, 6.45) is 2.59. The first-order valence-electron chi connectivity index (χ1n) is 11.4. The third kappa shape index (κ3) is 4.50. The number of amides is 1. The van der Waals surface area contributed by atoms with Crippen LogP contribution in [-0.2, 0) is 11.3 Å². The van der Waals surface area contributed by atoms with Gasteiger partial charge in [-0.15, -0.1) is 0 Å². The molecule has 2 aromatic heterocycles. The van der Waals surface area contributed by atoms with E-state index in [1.165, 1.54) is 0 Å². The predicted octanol–water partition coefficient (Wildman–Crippen LogP) is 3.78. The van der Waals surface area contributed by atoms with Gasteiger partial charge in [-0.05, 0) is 44.7 Å². The lowest BCUT2D eigenvalue weighted by Gasteiger charge is -2.18. The molecule has 0 radical (unpaired) electrons. The summed E-state index contributed by atoms with van der Waals surface area (Å²) in [5.41, 5.74) is 2.00. The molecule has 1 atom stereocenters. The third-order valence-electron chi connectivity index (χ3n) is 6.52. The Balaban J connectivity index is 1.25. The largest absolute Gasteiger partial charge is 0.488 e. The van der Waals surface area contributed by atoms with E-state index in [1.807, 2.05) is 31.2 Å². The average molecular weight is 453 g/mol. The van der Waals surface area contributed by atoms with E-state index in [4.69, 9.17) is 18.5 Å². The van der Waals surface area contributed by atoms with Crippen molar-refractivity contribution in [2.75, 3.05) is 26.3 Å². The molecule has 0 N–H and O–H groups in total. The molecule has 174 valence electrons. The Morgan fingerprint density at radius 2 is 1.91 bits per heavy atom. The smallest absolute Gasteiger partial charge is 0.276 e. The summed E-state index contributed by atoms with van der Waals surface area (Å²) in [5, 5.41) is 8.25. The molecular weight excluding hydrogens is 424 g/mol. The van der Waals surface area contributed by atoms with Crippen molar-refractivity contribution in [3.63, 3.8) is 0 Å². The van der Waals surface area contributed by atoms with Crippen LogP contribution in [0.2, 0.25) is 0 Å². The number of benzene rings is 1. The first-order chi connectivity index (χ1) is 16.1. The van der Waals surface area contributed by atoms with Crippen molar-refractivity contribution in [1.82, 2.24) is 20.2 Å². The van der Waals surface area contributed by atoms with Crippen LogP contribution in [0, 0.1) is 13.8 Å². The molecule has 2 fully saturated rings. The number of nitrogens with zero attached hydrogens (tertiary/aromatic N) is 4. The molecule has 5 rings (SSSR count). The maximum atomic E-state index is 13.3. The molecule has 4 heterocycles. The molecule has 2 saturated heterocycles. The molecule has 1 amide bonds. The Kier molecular flexibility index (Phi) is 6.13. The zero-order chi connectivity index (χ0) is 22.8. The van der Waals surface area contributed by atoms with Gasteiger partial charge in [-0.1, -0.05) is 28.5 Å². The highest BCUT2D eigenvalue weighted by Crippen LogP contribution is 2.31. The number of hydrogen-bond donors (Lipinski definition) is 0. The van der Waals surface area contributed by atoms with Gasteiger partial charge in [0.15, 0.2) is 11.5 Å². The van der Waals surface area contributed by atoms with Crippen molar-refractivity contribution < 1.29 is 23.3 Å². The van der Waals surface area contributed by atoms with Gasteiger partial charge in [0, 0.05) is 32.2 Å². The van der Waals surface area contributed by atoms with Gasteiger partial charge in [-0.25, -0.2) is 0 Å². The highest BCUT2D eigenvalue weighted by atomic mass is 16.5. The van der Waals surface area contributed by atoms with Crippen molar-refractivity contribution in [3.8, 4) is 5.75 Å². The number of likely N-dealkylation sites (tertiary alicyclic amines) is 1. The molecule has 0 saturated carbocycles. The zero-order valence-electron chi connectivity index (χ0n) is 19.0. The van der Waals surface area contributed by atoms with Crippen LogP contribution in [0.5, 0.6) is 5.75 Å². The molecule has 2 aliphatic rings. The van der Waals surface area contributed by atoms with E-state index < -0.39 is 0 Å². The summed E-state index contributed by atoms with van der Waals surface area (Å²) in [6.45, 7) is 6.57. The van der Waals surface area contributed by atoms with Crippen LogP contribution >= 0.6 is 0 Å². The molecule has 1 unspecified atom stereocenters. The molecule has 9 heteroatoms. The number of rotatable bonds is 6. The Morgan fingerprint density at radius 3 is 2.73 bits per heavy atom. The molecule has 3 aromatic rings. The van der Waals surface area contributed by atoms with E-state index in [-0.39, 0.29) is 24.3 Å². The minimum Gasteiger partial charge on any atom is -0.488 e. The van der Waals surface area contributed by atoms with Gasteiger partial charge in [0.2, 0.25) is 5.89 Å². The number of ether oxygens (including phenoxy) is 2. The maximum Gasteiger partial charge on any atom is 0.276 e. The Labute approximate surface area is 192 Å². The minimum absolute atomic E-state index is 0.0229. The normalized spacial score (nSPS) is 19.2. The summed E-state index contributed by atoms with van der Waals surface area (Å²) in [6, 6.07) is 7.77. The fourth-order valence-corrected chi connectivity index (χ4v) is 4.43. The number of carbonyl (C=O) groups excluding carboxylic acids is 1. The van der Waals surface area contributed by atoms with E-state index in [1.54, 1.807) is 11.8 Å². The van der Waals surface area contributed by atoms with Crippen molar-refractivity contribution in [3.05, 3.63) is 58.6 Å². The fraction of sp³-hybridized carbons (Fsp3) is 0.500. The van der Waals surface area contributed by atoms with E-state index in [2.05, 4.69) is 15.3 Å². The Hall–Kier alpha value is -3.20. The second-order valence-corrected chi connectivity index (χ2v) is 8.73. The van der Waals surface area contributed by atoms with Crippen LogP contribution in [0.15, 0.2) is 33.3 Å². The molecular formula is C24H28N4O5. The monoisotopic (exact) mass is 452 g/mol. The molecule has 0 aliphatic carbocycles. The Bertz CT molecular complexity index is 1120. The number of aromatic nitrogens is 3. The molecule has 1 aromatic carbocycles. The van der Waals surface area contributed by atoms with Crippen molar-refractivity contribution in [2.45, 2.75) is 51.6 Å². The van der Waals surface area contributed by atoms with Gasteiger partial charge in [0.25, 0.3) is 5.91 Å². The molecule has 0 spiro atoms. The number of para-hydroxylation sites is 1. The summed E-state index contributed by atoms with van der Waals surface area (Å²) in [7, 11) is 0. The van der Waals surface area contributed by atoms with Crippen LogP contribution < -0.4 is 4.74 Å². The van der Waals surface area contributed by atoms with E-state index in [0.29, 0.717) is 36.0 Å². The highest BCUT2D eigenvalue weighted by molar-refractivity contribution is 5.94. The Morgan fingerprint density at radius 1 is 1.09 bits per heavy atom. The quantitative estimate of drug-likeness (QED) is 0.557. The first-order valence-corrected chi connectivity index (χ1v) is 11.4. The van der Waals surface area contributed by atoms with Gasteiger partial charge in [0.05, 0.1) is 11.5 Å². The summed E-state index contributed by atoms with van der Waals surface area (Å²) in [5.74, 6) is 2.85. The number of hydrogen-bond acceptors (Lipinski definition) is 8. The number of carbonyl (C=O) groups is 1. The molecule has 2 aliphatic heterocycles. The summed E-state index contributed by atoms with van der Waals surface area (Å²) >= 11 is 0. The average Bonchev–Trinajstić information content (AvgIpc) is 3.59. The van der Waals surface area contributed by atoms with E-state index in [0.717, 1.165) is 49.6 Å². The standard InChI is InChI=1S/C24H28N4O5/c1-15-5-3-4-6-20(15)31-14-19-16(2)32-26-21(19)24(29)28-10-7-18(13-28)23-25-22(27-33-23)17-8-11-30-12-9-17/h3-6,17-18H,7-14H2,1-2H3. The lowest BCUT2D eigenvalue weighted by atomic mass is 10.00. The molecule has 33 heavy (non-hydrogen) atoms. The second-order valence-electron chi connectivity index (χ2n) is 8.73. The minimum atomic E-state index is -0.165. The van der Waals surface area contributed by atoms with Gasteiger partial charge in [-0.2, -0.15) is 4.98 Å². The van der Waals surface area contributed by atoms with Crippen LogP contribution in [0.1, 0.15) is 70.2 Å². The topological polar surface area (TPSA) is 104 Å².